The van der Waals surface area contributed by atoms with Crippen molar-refractivity contribution >= 4 is 0 Å². The van der Waals surface area contributed by atoms with Gasteiger partial charge in [0.25, 0.3) is 0 Å². The van der Waals surface area contributed by atoms with Crippen molar-refractivity contribution in [3.8, 4) is 17.2 Å². The van der Waals surface area contributed by atoms with Gasteiger partial charge in [0.2, 0.25) is 0 Å². The van der Waals surface area contributed by atoms with Gasteiger partial charge in [0.15, 0.2) is 11.5 Å². The van der Waals surface area contributed by atoms with E-state index in [4.69, 9.17) is 4.74 Å². The van der Waals surface area contributed by atoms with Gasteiger partial charge in [0.1, 0.15) is 5.75 Å². The molecule has 0 radical (unpaired) electrons. The number of ether oxygens (including phenoxy) is 1. The van der Waals surface area contributed by atoms with Gasteiger partial charge in [0.05, 0.1) is 7.11 Å². The first-order chi connectivity index (χ1) is 10.5. The monoisotopic (exact) mass is 298 g/mol. The van der Waals surface area contributed by atoms with Crippen LogP contribution in [0.25, 0.3) is 0 Å². The fraction of sp³-hybridized carbons (Fsp3) is 0.368. The first kappa shape index (κ1) is 14.8. The SMILES string of the molecule is COc1cc2c(cc1O)CC(C)C(C)C2c1ccc(O)cc1. The summed E-state index contributed by atoms with van der Waals surface area (Å²) >= 11 is 0. The van der Waals surface area contributed by atoms with Crippen molar-refractivity contribution in [3.05, 3.63) is 53.1 Å². The summed E-state index contributed by atoms with van der Waals surface area (Å²) in [6, 6.07) is 11.2. The van der Waals surface area contributed by atoms with Gasteiger partial charge < -0.3 is 14.9 Å². The van der Waals surface area contributed by atoms with Crippen molar-refractivity contribution in [3.63, 3.8) is 0 Å². The molecule has 3 rings (SSSR count). The van der Waals surface area contributed by atoms with E-state index in [1.54, 1.807) is 19.2 Å². The standard InChI is InChI=1S/C19H22O3/c1-11-8-14-9-17(21)18(22-3)10-16(14)19(12(11)2)13-4-6-15(20)7-5-13/h4-7,9-12,19-21H,8H2,1-3H3. The molecule has 0 fully saturated rings. The summed E-state index contributed by atoms with van der Waals surface area (Å²) in [5, 5.41) is 19.6. The van der Waals surface area contributed by atoms with Crippen LogP contribution in [0.3, 0.4) is 0 Å². The number of hydrogen-bond donors (Lipinski definition) is 2. The van der Waals surface area contributed by atoms with Gasteiger partial charge >= 0.3 is 0 Å². The van der Waals surface area contributed by atoms with Crippen LogP contribution in [0.4, 0.5) is 0 Å². The van der Waals surface area contributed by atoms with Crippen LogP contribution in [-0.4, -0.2) is 17.3 Å². The number of aromatic hydroxyl groups is 2. The third-order valence-corrected chi connectivity index (χ3v) is 4.99. The molecule has 3 nitrogen and oxygen atoms in total. The van der Waals surface area contributed by atoms with Crippen LogP contribution in [0, 0.1) is 11.8 Å². The quantitative estimate of drug-likeness (QED) is 0.878. The number of hydrogen-bond acceptors (Lipinski definition) is 3. The Kier molecular flexibility index (Phi) is 3.73. The number of fused-ring (bicyclic) bond motifs is 1. The van der Waals surface area contributed by atoms with E-state index in [1.807, 2.05) is 24.3 Å². The minimum absolute atomic E-state index is 0.201. The van der Waals surface area contributed by atoms with Crippen LogP contribution in [0.15, 0.2) is 36.4 Å². The zero-order chi connectivity index (χ0) is 15.9. The molecule has 116 valence electrons. The Hall–Kier alpha value is -2.16. The van der Waals surface area contributed by atoms with Gasteiger partial charge in [-0.15, -0.1) is 0 Å². The summed E-state index contributed by atoms with van der Waals surface area (Å²) < 4.78 is 5.29. The molecule has 0 heterocycles. The molecule has 3 heteroatoms. The largest absolute Gasteiger partial charge is 0.508 e. The summed E-state index contributed by atoms with van der Waals surface area (Å²) in [6.45, 7) is 4.52. The van der Waals surface area contributed by atoms with E-state index in [2.05, 4.69) is 13.8 Å². The third kappa shape index (κ3) is 2.41. The van der Waals surface area contributed by atoms with Crippen molar-refractivity contribution in [2.24, 2.45) is 11.8 Å². The molecule has 2 N–H and O–H groups in total. The van der Waals surface area contributed by atoms with Crippen LogP contribution >= 0.6 is 0 Å². The first-order valence-corrected chi connectivity index (χ1v) is 7.70. The topological polar surface area (TPSA) is 49.7 Å². The summed E-state index contributed by atoms with van der Waals surface area (Å²) in [5.41, 5.74) is 3.58. The second kappa shape index (κ2) is 5.56. The van der Waals surface area contributed by atoms with Crippen molar-refractivity contribution in [1.29, 1.82) is 0 Å². The number of benzene rings is 2. The van der Waals surface area contributed by atoms with Crippen LogP contribution in [0.2, 0.25) is 0 Å². The van der Waals surface area contributed by atoms with E-state index < -0.39 is 0 Å². The third-order valence-electron chi connectivity index (χ3n) is 4.99. The Labute approximate surface area is 131 Å². The van der Waals surface area contributed by atoms with E-state index >= 15 is 0 Å². The summed E-state index contributed by atoms with van der Waals surface area (Å²) in [4.78, 5) is 0. The van der Waals surface area contributed by atoms with Crippen molar-refractivity contribution in [2.75, 3.05) is 7.11 Å². The average molecular weight is 298 g/mol. The fourth-order valence-corrected chi connectivity index (χ4v) is 3.57. The highest BCUT2D eigenvalue weighted by Gasteiger charge is 2.33. The lowest BCUT2D eigenvalue weighted by molar-refractivity contribution is 0.320. The summed E-state index contributed by atoms with van der Waals surface area (Å²) in [6.07, 6.45) is 0.961. The minimum Gasteiger partial charge on any atom is -0.508 e. The second-order valence-corrected chi connectivity index (χ2v) is 6.33. The zero-order valence-corrected chi connectivity index (χ0v) is 13.2. The predicted molar refractivity (Wildman–Crippen MR) is 86.6 cm³/mol. The number of methoxy groups -OCH3 is 1. The minimum atomic E-state index is 0.201. The maximum atomic E-state index is 10.1. The highest BCUT2D eigenvalue weighted by Crippen LogP contribution is 2.46. The molecule has 0 aromatic heterocycles. The normalized spacial score (nSPS) is 23.9. The lowest BCUT2D eigenvalue weighted by Crippen LogP contribution is -2.26. The number of phenols is 2. The first-order valence-electron chi connectivity index (χ1n) is 7.70. The molecule has 3 atom stereocenters. The van der Waals surface area contributed by atoms with Gasteiger partial charge in [-0.2, -0.15) is 0 Å². The Balaban J connectivity index is 2.15. The number of rotatable bonds is 2. The zero-order valence-electron chi connectivity index (χ0n) is 13.2. The summed E-state index contributed by atoms with van der Waals surface area (Å²) in [7, 11) is 1.58. The fourth-order valence-electron chi connectivity index (χ4n) is 3.57. The van der Waals surface area contributed by atoms with Crippen LogP contribution in [0.5, 0.6) is 17.2 Å². The lowest BCUT2D eigenvalue weighted by Gasteiger charge is -2.37. The van der Waals surface area contributed by atoms with E-state index in [0.29, 0.717) is 17.6 Å². The molecular weight excluding hydrogens is 276 g/mol. The molecule has 0 saturated carbocycles. The van der Waals surface area contributed by atoms with E-state index in [1.165, 1.54) is 16.7 Å². The Bertz CT molecular complexity index is 676. The van der Waals surface area contributed by atoms with Gasteiger partial charge in [-0.05, 0) is 59.2 Å². The molecule has 2 aromatic carbocycles. The number of phenolic OH excluding ortho intramolecular Hbond substituents is 2. The Morgan fingerprint density at radius 1 is 1.05 bits per heavy atom. The molecule has 0 bridgehead atoms. The van der Waals surface area contributed by atoms with Gasteiger partial charge in [-0.1, -0.05) is 26.0 Å². The highest BCUT2D eigenvalue weighted by molar-refractivity contribution is 5.52. The molecule has 0 saturated heterocycles. The molecule has 0 aliphatic heterocycles. The van der Waals surface area contributed by atoms with Crippen molar-refractivity contribution < 1.29 is 14.9 Å². The van der Waals surface area contributed by atoms with Crippen molar-refractivity contribution in [2.45, 2.75) is 26.2 Å². The molecule has 1 aliphatic carbocycles. The van der Waals surface area contributed by atoms with Crippen LogP contribution in [0.1, 0.15) is 36.5 Å². The summed E-state index contributed by atoms with van der Waals surface area (Å²) in [5.74, 6) is 2.25. The van der Waals surface area contributed by atoms with E-state index in [0.717, 1.165) is 6.42 Å². The Morgan fingerprint density at radius 2 is 1.73 bits per heavy atom. The van der Waals surface area contributed by atoms with Gasteiger partial charge in [0, 0.05) is 5.92 Å². The second-order valence-electron chi connectivity index (χ2n) is 6.33. The molecule has 1 aliphatic rings. The van der Waals surface area contributed by atoms with Gasteiger partial charge in [-0.3, -0.25) is 0 Å². The molecule has 2 aromatic rings. The van der Waals surface area contributed by atoms with E-state index in [-0.39, 0.29) is 17.4 Å². The average Bonchev–Trinajstić information content (AvgIpc) is 2.50. The maximum Gasteiger partial charge on any atom is 0.160 e. The highest BCUT2D eigenvalue weighted by atomic mass is 16.5. The molecule has 22 heavy (non-hydrogen) atoms. The smallest absolute Gasteiger partial charge is 0.160 e. The lowest BCUT2D eigenvalue weighted by atomic mass is 9.68. The molecule has 3 unspecified atom stereocenters. The molecule has 0 spiro atoms. The van der Waals surface area contributed by atoms with Crippen LogP contribution in [-0.2, 0) is 6.42 Å². The van der Waals surface area contributed by atoms with Gasteiger partial charge in [-0.25, -0.2) is 0 Å². The van der Waals surface area contributed by atoms with Crippen LogP contribution < -0.4 is 4.74 Å². The van der Waals surface area contributed by atoms with Crippen molar-refractivity contribution in [1.82, 2.24) is 0 Å². The maximum absolute atomic E-state index is 10.1. The van der Waals surface area contributed by atoms with E-state index in [9.17, 15) is 10.2 Å². The molecule has 0 amide bonds. The Morgan fingerprint density at radius 3 is 2.36 bits per heavy atom. The molecular formula is C19H22O3. The predicted octanol–water partition coefficient (Wildman–Crippen LogP) is 4.07.